The molecule has 4 nitrogen and oxygen atoms in total. The Labute approximate surface area is 150 Å². The average Bonchev–Trinajstić information content (AvgIpc) is 2.63. The second-order valence-corrected chi connectivity index (χ2v) is 6.10. The largest absolute Gasteiger partial charge is 0.483 e. The summed E-state index contributed by atoms with van der Waals surface area (Å²) < 4.78 is 5.63. The van der Waals surface area contributed by atoms with Crippen LogP contribution in [0.4, 0.5) is 5.69 Å². The monoisotopic (exact) mass is 340 g/mol. The van der Waals surface area contributed by atoms with Gasteiger partial charge in [-0.3, -0.25) is 4.79 Å². The number of amides is 1. The van der Waals surface area contributed by atoms with Gasteiger partial charge >= 0.3 is 0 Å². The lowest BCUT2D eigenvalue weighted by molar-refractivity contribution is -0.123. The van der Waals surface area contributed by atoms with E-state index in [-0.39, 0.29) is 12.5 Å². The van der Waals surface area contributed by atoms with Gasteiger partial charge in [-0.05, 0) is 62.6 Å². The van der Waals surface area contributed by atoms with Crippen LogP contribution in [0, 0.1) is 13.8 Å². The second-order valence-electron chi connectivity index (χ2n) is 6.10. The maximum absolute atomic E-state index is 12.0. The van der Waals surface area contributed by atoms with Crippen LogP contribution in [0.2, 0.25) is 0 Å². The van der Waals surface area contributed by atoms with Gasteiger partial charge in [-0.15, -0.1) is 0 Å². The third-order valence-electron chi connectivity index (χ3n) is 4.47. The molecule has 1 amide bonds. The molecule has 0 heterocycles. The van der Waals surface area contributed by atoms with Crippen molar-refractivity contribution in [3.63, 3.8) is 0 Å². The van der Waals surface area contributed by atoms with Crippen LogP contribution in [0.3, 0.4) is 0 Å². The van der Waals surface area contributed by atoms with Crippen LogP contribution in [-0.2, 0) is 11.3 Å². The molecule has 2 aromatic rings. The molecule has 2 rings (SSSR count). The molecule has 4 heteroatoms. The van der Waals surface area contributed by atoms with Crippen molar-refractivity contribution in [1.29, 1.82) is 0 Å². The molecule has 0 fully saturated rings. The highest BCUT2D eigenvalue weighted by atomic mass is 16.5. The van der Waals surface area contributed by atoms with Crippen molar-refractivity contribution < 1.29 is 9.53 Å². The topological polar surface area (TPSA) is 41.6 Å². The maximum atomic E-state index is 12.0. The van der Waals surface area contributed by atoms with Crippen LogP contribution in [0.5, 0.6) is 5.75 Å². The Morgan fingerprint density at radius 1 is 1.04 bits per heavy atom. The summed E-state index contributed by atoms with van der Waals surface area (Å²) in [5.41, 5.74) is 4.52. The minimum absolute atomic E-state index is 0.0296. The Hall–Kier alpha value is -2.49. The summed E-state index contributed by atoms with van der Waals surface area (Å²) in [6.45, 7) is 10.8. The Kier molecular flexibility index (Phi) is 6.87. The van der Waals surface area contributed by atoms with E-state index >= 15 is 0 Å². The number of benzene rings is 2. The predicted octanol–water partition coefficient (Wildman–Crippen LogP) is 3.84. The van der Waals surface area contributed by atoms with E-state index in [1.807, 2.05) is 32.0 Å². The molecule has 134 valence electrons. The van der Waals surface area contributed by atoms with Gasteiger partial charge < -0.3 is 15.0 Å². The summed E-state index contributed by atoms with van der Waals surface area (Å²) in [6.07, 6.45) is 0. The summed E-state index contributed by atoms with van der Waals surface area (Å²) in [5.74, 6) is 0.646. The van der Waals surface area contributed by atoms with Crippen molar-refractivity contribution in [2.45, 2.75) is 34.2 Å². The number of aryl methyl sites for hydroxylation is 1. The van der Waals surface area contributed by atoms with Crippen LogP contribution in [0.15, 0.2) is 42.5 Å². The standard InChI is InChI=1S/C21H28N2O2/c1-5-23(6-2)19-12-10-18(11-13-19)14-22-21(24)15-25-20-9-7-8-16(3)17(20)4/h7-13H,5-6,14-15H2,1-4H3,(H,22,24). The van der Waals surface area contributed by atoms with Crippen molar-refractivity contribution in [3.05, 3.63) is 59.2 Å². The van der Waals surface area contributed by atoms with E-state index in [4.69, 9.17) is 4.74 Å². The van der Waals surface area contributed by atoms with E-state index < -0.39 is 0 Å². The minimum Gasteiger partial charge on any atom is -0.483 e. The number of nitrogens with one attached hydrogen (secondary N) is 1. The van der Waals surface area contributed by atoms with Gasteiger partial charge in [0.2, 0.25) is 0 Å². The molecule has 0 spiro atoms. The number of hydrogen-bond acceptors (Lipinski definition) is 3. The van der Waals surface area contributed by atoms with Gasteiger partial charge in [0.25, 0.3) is 5.91 Å². The van der Waals surface area contributed by atoms with Crippen LogP contribution < -0.4 is 15.0 Å². The highest BCUT2D eigenvalue weighted by Gasteiger charge is 2.07. The third kappa shape index (κ3) is 5.24. The Morgan fingerprint density at radius 2 is 1.72 bits per heavy atom. The molecule has 0 radical (unpaired) electrons. The van der Waals surface area contributed by atoms with Gasteiger partial charge in [0.15, 0.2) is 6.61 Å². The van der Waals surface area contributed by atoms with Gasteiger partial charge in [0.05, 0.1) is 0 Å². The minimum atomic E-state index is -0.117. The SMILES string of the molecule is CCN(CC)c1ccc(CNC(=O)COc2cccc(C)c2C)cc1. The summed E-state index contributed by atoms with van der Waals surface area (Å²) in [6, 6.07) is 14.2. The first-order valence-corrected chi connectivity index (χ1v) is 8.84. The van der Waals surface area contributed by atoms with E-state index in [9.17, 15) is 4.79 Å². The summed E-state index contributed by atoms with van der Waals surface area (Å²) >= 11 is 0. The van der Waals surface area contributed by atoms with Crippen LogP contribution >= 0.6 is 0 Å². The van der Waals surface area contributed by atoms with E-state index in [1.54, 1.807) is 0 Å². The second kappa shape index (κ2) is 9.11. The molecule has 0 bridgehead atoms. The van der Waals surface area contributed by atoms with E-state index in [2.05, 4.69) is 48.3 Å². The zero-order chi connectivity index (χ0) is 18.2. The van der Waals surface area contributed by atoms with Gasteiger partial charge in [-0.1, -0.05) is 24.3 Å². The zero-order valence-corrected chi connectivity index (χ0v) is 15.6. The number of anilines is 1. The quantitative estimate of drug-likeness (QED) is 0.794. The maximum Gasteiger partial charge on any atom is 0.258 e. The molecule has 0 unspecified atom stereocenters. The van der Waals surface area contributed by atoms with Gasteiger partial charge in [-0.25, -0.2) is 0 Å². The molecule has 0 aliphatic heterocycles. The fourth-order valence-corrected chi connectivity index (χ4v) is 2.69. The average molecular weight is 340 g/mol. The molecular weight excluding hydrogens is 312 g/mol. The molecule has 1 N–H and O–H groups in total. The number of rotatable bonds is 8. The van der Waals surface area contributed by atoms with Gasteiger partial charge in [0, 0.05) is 25.3 Å². The lowest BCUT2D eigenvalue weighted by Crippen LogP contribution is -2.28. The predicted molar refractivity (Wildman–Crippen MR) is 103 cm³/mol. The fraction of sp³-hybridized carbons (Fsp3) is 0.381. The van der Waals surface area contributed by atoms with Gasteiger partial charge in [-0.2, -0.15) is 0 Å². The Bertz CT molecular complexity index is 692. The van der Waals surface area contributed by atoms with E-state index in [1.165, 1.54) is 5.69 Å². The Balaban J connectivity index is 1.82. The number of hydrogen-bond donors (Lipinski definition) is 1. The highest BCUT2D eigenvalue weighted by Crippen LogP contribution is 2.20. The number of carbonyl (C=O) groups excluding carboxylic acids is 1. The lowest BCUT2D eigenvalue weighted by Gasteiger charge is -2.21. The Morgan fingerprint density at radius 3 is 2.36 bits per heavy atom. The molecule has 0 saturated carbocycles. The van der Waals surface area contributed by atoms with Crippen molar-refractivity contribution in [2.75, 3.05) is 24.6 Å². The third-order valence-corrected chi connectivity index (χ3v) is 4.47. The first kappa shape index (κ1) is 18.8. The smallest absolute Gasteiger partial charge is 0.258 e. The summed E-state index contributed by atoms with van der Waals surface area (Å²) in [7, 11) is 0. The number of carbonyl (C=O) groups is 1. The van der Waals surface area contributed by atoms with Crippen molar-refractivity contribution in [3.8, 4) is 5.75 Å². The van der Waals surface area contributed by atoms with Crippen LogP contribution in [0.25, 0.3) is 0 Å². The highest BCUT2D eigenvalue weighted by molar-refractivity contribution is 5.77. The molecule has 2 aromatic carbocycles. The molecule has 0 aromatic heterocycles. The van der Waals surface area contributed by atoms with E-state index in [0.29, 0.717) is 6.54 Å². The number of ether oxygens (including phenoxy) is 1. The number of nitrogens with zero attached hydrogens (tertiary/aromatic N) is 1. The van der Waals surface area contributed by atoms with E-state index in [0.717, 1.165) is 35.5 Å². The first-order chi connectivity index (χ1) is 12.0. The zero-order valence-electron chi connectivity index (χ0n) is 15.6. The molecular formula is C21H28N2O2. The molecule has 0 aliphatic carbocycles. The van der Waals surface area contributed by atoms with Crippen molar-refractivity contribution in [1.82, 2.24) is 5.32 Å². The van der Waals surface area contributed by atoms with Crippen LogP contribution in [-0.4, -0.2) is 25.6 Å². The van der Waals surface area contributed by atoms with Gasteiger partial charge in [0.1, 0.15) is 5.75 Å². The van der Waals surface area contributed by atoms with Crippen molar-refractivity contribution >= 4 is 11.6 Å². The lowest BCUT2D eigenvalue weighted by atomic mass is 10.1. The molecule has 0 saturated heterocycles. The fourth-order valence-electron chi connectivity index (χ4n) is 2.69. The summed E-state index contributed by atoms with van der Waals surface area (Å²) in [5, 5.41) is 2.90. The van der Waals surface area contributed by atoms with Crippen LogP contribution in [0.1, 0.15) is 30.5 Å². The normalized spacial score (nSPS) is 10.4. The molecule has 0 atom stereocenters. The summed E-state index contributed by atoms with van der Waals surface area (Å²) in [4.78, 5) is 14.3. The first-order valence-electron chi connectivity index (χ1n) is 8.84. The molecule has 0 aliphatic rings. The molecule has 25 heavy (non-hydrogen) atoms. The van der Waals surface area contributed by atoms with Crippen molar-refractivity contribution in [2.24, 2.45) is 0 Å².